The van der Waals surface area contributed by atoms with Crippen molar-refractivity contribution in [1.82, 2.24) is 10.2 Å². The van der Waals surface area contributed by atoms with E-state index in [0.717, 1.165) is 25.1 Å². The number of benzene rings is 2. The molecule has 0 spiro atoms. The van der Waals surface area contributed by atoms with Crippen molar-refractivity contribution in [3.63, 3.8) is 0 Å². The molecule has 5 heteroatoms. The molecule has 1 saturated heterocycles. The topological polar surface area (TPSA) is 35.6 Å². The summed E-state index contributed by atoms with van der Waals surface area (Å²) >= 11 is 0. The molecule has 4 nitrogen and oxygen atoms in total. The van der Waals surface area contributed by atoms with Gasteiger partial charge in [0.1, 0.15) is 5.82 Å². The van der Waals surface area contributed by atoms with Gasteiger partial charge in [-0.3, -0.25) is 0 Å². The molecule has 1 fully saturated rings. The number of hydrogen-bond acceptors (Lipinski definition) is 2. The SMILES string of the molecule is CN(Cc1ccc(F)cc1)C(=O)NC1CCN(c2ccccc2)C1. The predicted molar refractivity (Wildman–Crippen MR) is 93.5 cm³/mol. The molecule has 2 aromatic carbocycles. The molecule has 1 unspecified atom stereocenters. The van der Waals surface area contributed by atoms with Gasteiger partial charge < -0.3 is 15.1 Å². The minimum absolute atomic E-state index is 0.0979. The standard InChI is InChI=1S/C19H22FN3O/c1-22(13-15-7-9-16(20)10-8-15)19(24)21-17-11-12-23(14-17)18-5-3-2-4-6-18/h2-10,17H,11-14H2,1H3,(H,21,24). The minimum atomic E-state index is -0.266. The molecular formula is C19H22FN3O. The van der Waals surface area contributed by atoms with E-state index in [4.69, 9.17) is 0 Å². The fourth-order valence-electron chi connectivity index (χ4n) is 2.97. The first-order valence-electron chi connectivity index (χ1n) is 8.18. The Labute approximate surface area is 141 Å². The van der Waals surface area contributed by atoms with Crippen LogP contribution in [-0.2, 0) is 6.54 Å². The van der Waals surface area contributed by atoms with Crippen molar-refractivity contribution in [2.45, 2.75) is 19.0 Å². The van der Waals surface area contributed by atoms with E-state index >= 15 is 0 Å². The molecule has 0 bridgehead atoms. The Kier molecular flexibility index (Phi) is 4.99. The van der Waals surface area contributed by atoms with E-state index < -0.39 is 0 Å². The monoisotopic (exact) mass is 327 g/mol. The second kappa shape index (κ2) is 7.34. The summed E-state index contributed by atoms with van der Waals surface area (Å²) in [6, 6.07) is 16.5. The number of para-hydroxylation sites is 1. The Balaban J connectivity index is 1.50. The van der Waals surface area contributed by atoms with Gasteiger partial charge in [0.25, 0.3) is 0 Å². The number of nitrogens with zero attached hydrogens (tertiary/aromatic N) is 2. The molecule has 1 aliphatic rings. The maximum Gasteiger partial charge on any atom is 0.317 e. The highest BCUT2D eigenvalue weighted by atomic mass is 19.1. The Bertz CT molecular complexity index is 675. The van der Waals surface area contributed by atoms with Crippen LogP contribution in [-0.4, -0.2) is 37.1 Å². The molecule has 2 aromatic rings. The number of rotatable bonds is 4. The lowest BCUT2D eigenvalue weighted by molar-refractivity contribution is 0.203. The highest BCUT2D eigenvalue weighted by Crippen LogP contribution is 2.19. The van der Waals surface area contributed by atoms with Crippen molar-refractivity contribution in [2.24, 2.45) is 0 Å². The Morgan fingerprint density at radius 2 is 1.92 bits per heavy atom. The molecule has 1 N–H and O–H groups in total. The Morgan fingerprint density at radius 1 is 1.21 bits per heavy atom. The molecule has 1 aliphatic heterocycles. The molecule has 0 saturated carbocycles. The molecular weight excluding hydrogens is 305 g/mol. The maximum atomic E-state index is 12.9. The third kappa shape index (κ3) is 4.04. The fourth-order valence-corrected chi connectivity index (χ4v) is 2.97. The zero-order valence-corrected chi connectivity index (χ0v) is 13.8. The molecule has 0 aromatic heterocycles. The summed E-state index contributed by atoms with van der Waals surface area (Å²) in [6.07, 6.45) is 0.936. The lowest BCUT2D eigenvalue weighted by Gasteiger charge is -2.22. The fraction of sp³-hybridized carbons (Fsp3) is 0.316. The van der Waals surface area contributed by atoms with E-state index in [1.807, 2.05) is 18.2 Å². The molecule has 0 aliphatic carbocycles. The van der Waals surface area contributed by atoms with Gasteiger partial charge in [-0.05, 0) is 36.2 Å². The van der Waals surface area contributed by atoms with Crippen LogP contribution in [0.25, 0.3) is 0 Å². The van der Waals surface area contributed by atoms with Crippen molar-refractivity contribution in [1.29, 1.82) is 0 Å². The number of carbonyl (C=O) groups excluding carboxylic acids is 1. The van der Waals surface area contributed by atoms with Gasteiger partial charge in [0.05, 0.1) is 0 Å². The molecule has 3 rings (SSSR count). The molecule has 24 heavy (non-hydrogen) atoms. The van der Waals surface area contributed by atoms with Crippen LogP contribution in [0.15, 0.2) is 54.6 Å². The number of nitrogens with one attached hydrogen (secondary N) is 1. The normalized spacial score (nSPS) is 16.9. The summed E-state index contributed by atoms with van der Waals surface area (Å²) < 4.78 is 12.9. The number of urea groups is 1. The van der Waals surface area contributed by atoms with Crippen molar-refractivity contribution >= 4 is 11.7 Å². The van der Waals surface area contributed by atoms with Gasteiger partial charge in [-0.1, -0.05) is 30.3 Å². The largest absolute Gasteiger partial charge is 0.369 e. The third-order valence-corrected chi connectivity index (χ3v) is 4.32. The second-order valence-corrected chi connectivity index (χ2v) is 6.20. The Hall–Kier alpha value is -2.56. The number of amides is 2. The van der Waals surface area contributed by atoms with Crippen LogP contribution in [0.2, 0.25) is 0 Å². The third-order valence-electron chi connectivity index (χ3n) is 4.32. The van der Waals surface area contributed by atoms with Crippen LogP contribution in [0, 0.1) is 5.82 Å². The first-order valence-corrected chi connectivity index (χ1v) is 8.18. The summed E-state index contributed by atoms with van der Waals surface area (Å²) in [4.78, 5) is 16.2. The van der Waals surface area contributed by atoms with E-state index in [9.17, 15) is 9.18 Å². The van der Waals surface area contributed by atoms with E-state index in [-0.39, 0.29) is 17.9 Å². The van der Waals surface area contributed by atoms with Crippen LogP contribution in [0.5, 0.6) is 0 Å². The first-order chi connectivity index (χ1) is 11.6. The van der Waals surface area contributed by atoms with Gasteiger partial charge in [-0.2, -0.15) is 0 Å². The average molecular weight is 327 g/mol. The Morgan fingerprint density at radius 3 is 2.62 bits per heavy atom. The van der Waals surface area contributed by atoms with Gasteiger partial charge in [-0.15, -0.1) is 0 Å². The van der Waals surface area contributed by atoms with Crippen molar-refractivity contribution in [3.8, 4) is 0 Å². The van der Waals surface area contributed by atoms with Crippen LogP contribution in [0.4, 0.5) is 14.9 Å². The second-order valence-electron chi connectivity index (χ2n) is 6.20. The van der Waals surface area contributed by atoms with Crippen LogP contribution < -0.4 is 10.2 Å². The van der Waals surface area contributed by atoms with Crippen LogP contribution in [0.3, 0.4) is 0 Å². The van der Waals surface area contributed by atoms with Gasteiger partial charge in [-0.25, -0.2) is 9.18 Å². The first kappa shape index (κ1) is 16.3. The van der Waals surface area contributed by atoms with E-state index in [2.05, 4.69) is 22.3 Å². The van der Waals surface area contributed by atoms with Crippen LogP contribution in [0.1, 0.15) is 12.0 Å². The van der Waals surface area contributed by atoms with Gasteiger partial charge in [0.15, 0.2) is 0 Å². The van der Waals surface area contributed by atoms with E-state index in [1.54, 1.807) is 24.1 Å². The number of anilines is 1. The van der Waals surface area contributed by atoms with Crippen molar-refractivity contribution < 1.29 is 9.18 Å². The number of hydrogen-bond donors (Lipinski definition) is 1. The minimum Gasteiger partial charge on any atom is -0.369 e. The maximum absolute atomic E-state index is 12.9. The quantitative estimate of drug-likeness (QED) is 0.936. The molecule has 2 amide bonds. The highest BCUT2D eigenvalue weighted by Gasteiger charge is 2.25. The summed E-state index contributed by atoms with van der Waals surface area (Å²) in [5.41, 5.74) is 2.10. The van der Waals surface area contributed by atoms with Gasteiger partial charge >= 0.3 is 6.03 Å². The van der Waals surface area contributed by atoms with Crippen molar-refractivity contribution in [3.05, 3.63) is 66.0 Å². The molecule has 1 heterocycles. The van der Waals surface area contributed by atoms with E-state index in [0.29, 0.717) is 6.54 Å². The zero-order valence-electron chi connectivity index (χ0n) is 13.8. The number of carbonyl (C=O) groups is 1. The predicted octanol–water partition coefficient (Wildman–Crippen LogP) is 3.25. The highest BCUT2D eigenvalue weighted by molar-refractivity contribution is 5.74. The molecule has 0 radical (unpaired) electrons. The average Bonchev–Trinajstić information content (AvgIpc) is 3.06. The zero-order chi connectivity index (χ0) is 16.9. The van der Waals surface area contributed by atoms with Crippen LogP contribution >= 0.6 is 0 Å². The molecule has 1 atom stereocenters. The summed E-state index contributed by atoms with van der Waals surface area (Å²) in [6.45, 7) is 2.22. The summed E-state index contributed by atoms with van der Waals surface area (Å²) in [7, 11) is 1.75. The smallest absolute Gasteiger partial charge is 0.317 e. The van der Waals surface area contributed by atoms with Crippen molar-refractivity contribution in [2.75, 3.05) is 25.0 Å². The number of halogens is 1. The van der Waals surface area contributed by atoms with Gasteiger partial charge in [0, 0.05) is 38.4 Å². The molecule has 126 valence electrons. The lowest BCUT2D eigenvalue weighted by Crippen LogP contribution is -2.43. The lowest BCUT2D eigenvalue weighted by atomic mass is 10.2. The summed E-state index contributed by atoms with van der Waals surface area (Å²) in [5, 5.41) is 3.08. The van der Waals surface area contributed by atoms with E-state index in [1.165, 1.54) is 17.8 Å². The van der Waals surface area contributed by atoms with Gasteiger partial charge in [0.2, 0.25) is 0 Å². The summed E-state index contributed by atoms with van der Waals surface area (Å²) in [5.74, 6) is -0.266.